The summed E-state index contributed by atoms with van der Waals surface area (Å²) in [7, 11) is 0. The standard InChI is InChI=1S/C84H78N4/c1-51-21-19-23-53(45-51)65-47-57(83(9,10)11)33-41-71(65)85(59-35-29-55(30-36-59)81(3,4)5)73-43-39-61-67-49-76-68(50-75(67)87-69-27-17-15-25-63(69)77(73)79(61)87)62-40-44-74(78-64-26-16-18-28-70(64)88(76)80(62)78)86(60-37-31-56(32-38-60)82(6,7)8)72-42-34-58(84(12,13)14)48-66(72)54-24-20-22-52(2)46-54/h15-50H,1-14H3. The highest BCUT2D eigenvalue weighted by atomic mass is 15.2. The molecule has 4 nitrogen and oxygen atoms in total. The minimum atomic E-state index is -0.0466. The van der Waals surface area contributed by atoms with Crippen LogP contribution in [0.5, 0.6) is 0 Å². The Balaban J connectivity index is 1.00. The Bertz CT molecular complexity index is 4920. The maximum atomic E-state index is 2.58. The molecule has 11 aromatic carbocycles. The summed E-state index contributed by atoms with van der Waals surface area (Å²) < 4.78 is 5.16. The number of aromatic nitrogens is 2. The largest absolute Gasteiger partial charge is 0.309 e. The Kier molecular flexibility index (Phi) is 12.3. The first-order valence-corrected chi connectivity index (χ1v) is 31.6. The third kappa shape index (κ3) is 8.68. The van der Waals surface area contributed by atoms with Crippen molar-refractivity contribution in [3.63, 3.8) is 0 Å². The van der Waals surface area contributed by atoms with Crippen LogP contribution in [0.1, 0.15) is 116 Å². The number of para-hydroxylation sites is 2. The van der Waals surface area contributed by atoms with E-state index in [9.17, 15) is 0 Å². The molecule has 434 valence electrons. The van der Waals surface area contributed by atoms with Crippen molar-refractivity contribution in [2.24, 2.45) is 0 Å². The van der Waals surface area contributed by atoms with Gasteiger partial charge in [0.2, 0.25) is 0 Å². The summed E-state index contributed by atoms with van der Waals surface area (Å²) in [5, 5.41) is 9.94. The van der Waals surface area contributed by atoms with Gasteiger partial charge in [-0.3, -0.25) is 0 Å². The average molecular weight is 1140 g/mol. The van der Waals surface area contributed by atoms with E-state index >= 15 is 0 Å². The fourth-order valence-corrected chi connectivity index (χ4v) is 14.4. The number of hydrogen-bond donors (Lipinski definition) is 0. The van der Waals surface area contributed by atoms with E-state index in [1.807, 2.05) is 0 Å². The normalized spacial score (nSPS) is 12.9. The SMILES string of the molecule is Cc1cccc(-c2cc(C(C)(C)C)ccc2N(c2ccc(C(C)(C)C)cc2)c2ccc3c4cc5c(cc4n4c6ccccc6c2c34)c2ccc(N(c3ccc(C(C)(C)C)cc3)c3ccc(C(C)(C)C)cc3-c3cccc(C)c3)c3c4ccccc4n5c23)c1. The number of hydrogen-bond acceptors (Lipinski definition) is 2. The third-order valence-electron chi connectivity index (χ3n) is 19.1. The van der Waals surface area contributed by atoms with Gasteiger partial charge < -0.3 is 18.6 Å². The Morgan fingerprint density at radius 2 is 0.625 bits per heavy atom. The molecule has 0 bridgehead atoms. The molecule has 0 unspecified atom stereocenters. The second-order valence-electron chi connectivity index (χ2n) is 29.3. The monoisotopic (exact) mass is 1140 g/mol. The van der Waals surface area contributed by atoms with Gasteiger partial charge >= 0.3 is 0 Å². The van der Waals surface area contributed by atoms with E-state index < -0.39 is 0 Å². The van der Waals surface area contributed by atoms with E-state index in [4.69, 9.17) is 0 Å². The molecular formula is C84H78N4. The maximum absolute atomic E-state index is 2.58. The van der Waals surface area contributed by atoms with Gasteiger partial charge in [-0.1, -0.05) is 228 Å². The van der Waals surface area contributed by atoms with Gasteiger partial charge in [0.05, 0.1) is 55.8 Å². The average Bonchev–Trinajstić information content (AvgIpc) is 1.52. The summed E-state index contributed by atoms with van der Waals surface area (Å²) in [6, 6.07) is 84.0. The van der Waals surface area contributed by atoms with E-state index in [1.165, 1.54) is 132 Å². The van der Waals surface area contributed by atoms with Crippen LogP contribution in [0.2, 0.25) is 0 Å². The molecule has 4 aromatic heterocycles. The predicted octanol–water partition coefficient (Wildman–Crippen LogP) is 24.1. The molecule has 15 aromatic rings. The Hall–Kier alpha value is -9.38. The molecular weight excluding hydrogens is 1060 g/mol. The quantitative estimate of drug-likeness (QED) is 0.151. The number of nitrogens with zero attached hydrogens (tertiary/aromatic N) is 4. The van der Waals surface area contributed by atoms with Crippen molar-refractivity contribution in [2.75, 3.05) is 9.80 Å². The van der Waals surface area contributed by atoms with Crippen LogP contribution < -0.4 is 9.80 Å². The lowest BCUT2D eigenvalue weighted by atomic mass is 9.84. The Morgan fingerprint density at radius 3 is 0.989 bits per heavy atom. The minimum absolute atomic E-state index is 0.00319. The minimum Gasteiger partial charge on any atom is -0.309 e. The predicted molar refractivity (Wildman–Crippen MR) is 380 cm³/mol. The zero-order valence-electron chi connectivity index (χ0n) is 53.6. The van der Waals surface area contributed by atoms with Gasteiger partial charge in [0.15, 0.2) is 0 Å². The van der Waals surface area contributed by atoms with Crippen molar-refractivity contribution in [1.82, 2.24) is 8.80 Å². The van der Waals surface area contributed by atoms with Crippen LogP contribution in [-0.4, -0.2) is 8.80 Å². The summed E-state index contributed by atoms with van der Waals surface area (Å²) in [5.41, 5.74) is 26.6. The van der Waals surface area contributed by atoms with Gasteiger partial charge in [-0.05, 0) is 154 Å². The first-order chi connectivity index (χ1) is 42.0. The van der Waals surface area contributed by atoms with E-state index in [2.05, 4.69) is 334 Å². The first-order valence-electron chi connectivity index (χ1n) is 31.6. The van der Waals surface area contributed by atoms with Gasteiger partial charge in [0, 0.05) is 65.6 Å². The molecule has 0 atom stereocenters. The molecule has 0 amide bonds. The van der Waals surface area contributed by atoms with Crippen molar-refractivity contribution < 1.29 is 0 Å². The molecule has 4 heteroatoms. The number of benzene rings is 11. The maximum Gasteiger partial charge on any atom is 0.0641 e. The lowest BCUT2D eigenvalue weighted by molar-refractivity contribution is 0.590. The van der Waals surface area contributed by atoms with Crippen molar-refractivity contribution in [3.8, 4) is 22.3 Å². The molecule has 0 saturated heterocycles. The van der Waals surface area contributed by atoms with Gasteiger partial charge in [-0.25, -0.2) is 0 Å². The summed E-state index contributed by atoms with van der Waals surface area (Å²) in [6.45, 7) is 32.1. The lowest BCUT2D eigenvalue weighted by Gasteiger charge is -2.31. The van der Waals surface area contributed by atoms with E-state index in [1.54, 1.807) is 0 Å². The number of aryl methyl sites for hydroxylation is 2. The van der Waals surface area contributed by atoms with Crippen molar-refractivity contribution in [2.45, 2.75) is 119 Å². The van der Waals surface area contributed by atoms with Crippen molar-refractivity contribution >= 4 is 110 Å². The highest BCUT2D eigenvalue weighted by Crippen LogP contribution is 2.54. The topological polar surface area (TPSA) is 15.3 Å². The summed E-state index contributed by atoms with van der Waals surface area (Å²) >= 11 is 0. The molecule has 0 aliphatic carbocycles. The van der Waals surface area contributed by atoms with E-state index in [0.29, 0.717) is 0 Å². The van der Waals surface area contributed by atoms with Gasteiger partial charge in [-0.15, -0.1) is 0 Å². The molecule has 0 saturated carbocycles. The zero-order valence-corrected chi connectivity index (χ0v) is 53.6. The molecule has 15 rings (SSSR count). The highest BCUT2D eigenvalue weighted by Gasteiger charge is 2.31. The van der Waals surface area contributed by atoms with Gasteiger partial charge in [0.1, 0.15) is 0 Å². The molecule has 88 heavy (non-hydrogen) atoms. The summed E-state index contributed by atoms with van der Waals surface area (Å²) in [6.07, 6.45) is 0. The van der Waals surface area contributed by atoms with Crippen LogP contribution in [0.3, 0.4) is 0 Å². The molecule has 0 aliphatic heterocycles. The number of rotatable bonds is 8. The Labute approximate surface area is 518 Å². The van der Waals surface area contributed by atoms with Gasteiger partial charge in [-0.2, -0.15) is 0 Å². The second kappa shape index (κ2) is 19.6. The molecule has 0 radical (unpaired) electrons. The van der Waals surface area contributed by atoms with Gasteiger partial charge in [0.25, 0.3) is 0 Å². The third-order valence-corrected chi connectivity index (χ3v) is 19.1. The lowest BCUT2D eigenvalue weighted by Crippen LogP contribution is -2.15. The second-order valence-corrected chi connectivity index (χ2v) is 29.3. The van der Waals surface area contributed by atoms with Crippen LogP contribution in [0.4, 0.5) is 34.1 Å². The fraction of sp³-hybridized carbons (Fsp3) is 0.214. The highest BCUT2D eigenvalue weighted by molar-refractivity contribution is 6.32. The smallest absolute Gasteiger partial charge is 0.0641 e. The van der Waals surface area contributed by atoms with Crippen LogP contribution in [0.15, 0.2) is 218 Å². The summed E-state index contributed by atoms with van der Waals surface area (Å²) in [5.74, 6) is 0. The zero-order chi connectivity index (χ0) is 61.1. The van der Waals surface area contributed by atoms with Crippen molar-refractivity contribution in [3.05, 3.63) is 252 Å². The van der Waals surface area contributed by atoms with E-state index in [-0.39, 0.29) is 21.7 Å². The van der Waals surface area contributed by atoms with Crippen LogP contribution in [0, 0.1) is 13.8 Å². The molecule has 0 fully saturated rings. The Morgan fingerprint density at radius 1 is 0.273 bits per heavy atom. The molecule has 0 aliphatic rings. The van der Waals surface area contributed by atoms with Crippen molar-refractivity contribution in [1.29, 1.82) is 0 Å². The van der Waals surface area contributed by atoms with Crippen LogP contribution >= 0.6 is 0 Å². The fourth-order valence-electron chi connectivity index (χ4n) is 14.4. The summed E-state index contributed by atoms with van der Waals surface area (Å²) in [4.78, 5) is 5.11. The number of anilines is 6. The molecule has 0 N–H and O–H groups in total. The molecule has 4 heterocycles. The molecule has 0 spiro atoms. The first kappa shape index (κ1) is 55.2. The number of fused-ring (bicyclic) bond motifs is 12. The van der Waals surface area contributed by atoms with E-state index in [0.717, 1.165) is 34.1 Å². The van der Waals surface area contributed by atoms with Crippen LogP contribution in [0.25, 0.3) is 98.4 Å². The van der Waals surface area contributed by atoms with Crippen LogP contribution in [-0.2, 0) is 21.7 Å².